The first-order valence-electron chi connectivity index (χ1n) is 14.0. The highest BCUT2D eigenvalue weighted by atomic mass is 15.2. The largest absolute Gasteiger partial charge is 0.294 e. The smallest absolute Gasteiger partial charge is 0.145 e. The fraction of sp³-hybridized carbons (Fsp3) is 0.135. The van der Waals surface area contributed by atoms with Crippen LogP contribution in [0, 0.1) is 0 Å². The number of para-hydroxylation sites is 1. The Morgan fingerprint density at radius 1 is 0.675 bits per heavy atom. The zero-order valence-corrected chi connectivity index (χ0v) is 22.9. The highest BCUT2D eigenvalue weighted by Gasteiger charge is 2.32. The number of hydrogen-bond donors (Lipinski definition) is 0. The molecule has 0 amide bonds. The van der Waals surface area contributed by atoms with Crippen molar-refractivity contribution in [2.75, 3.05) is 4.90 Å². The maximum absolute atomic E-state index is 5.11. The molecule has 0 spiro atoms. The van der Waals surface area contributed by atoms with Crippen LogP contribution in [0.25, 0.3) is 11.1 Å². The van der Waals surface area contributed by atoms with Gasteiger partial charge < -0.3 is 0 Å². The van der Waals surface area contributed by atoms with Crippen LogP contribution in [0.1, 0.15) is 53.3 Å². The van der Waals surface area contributed by atoms with Crippen molar-refractivity contribution >= 4 is 11.5 Å². The van der Waals surface area contributed by atoms with Crippen LogP contribution in [0.4, 0.5) is 11.5 Å². The Morgan fingerprint density at radius 2 is 1.30 bits per heavy atom. The van der Waals surface area contributed by atoms with Crippen LogP contribution in [-0.4, -0.2) is 9.97 Å². The predicted molar refractivity (Wildman–Crippen MR) is 164 cm³/mol. The summed E-state index contributed by atoms with van der Waals surface area (Å²) in [6.45, 7) is 4.31. The van der Waals surface area contributed by atoms with E-state index < -0.39 is 0 Å². The molecular weight excluding hydrogens is 486 g/mol. The number of nitrogens with zero attached hydrogens (tertiary/aromatic N) is 3. The van der Waals surface area contributed by atoms with E-state index in [-0.39, 0.29) is 5.92 Å². The fourth-order valence-corrected chi connectivity index (χ4v) is 6.46. The molecule has 2 aliphatic rings. The number of fused-ring (bicyclic) bond motifs is 3. The van der Waals surface area contributed by atoms with E-state index in [2.05, 4.69) is 116 Å². The number of benzene rings is 3. The van der Waals surface area contributed by atoms with E-state index in [9.17, 15) is 0 Å². The molecule has 0 saturated carbocycles. The minimum atomic E-state index is 0.0475. The van der Waals surface area contributed by atoms with E-state index in [1.54, 1.807) is 0 Å². The molecule has 5 aromatic rings. The average molecular weight is 518 g/mol. The normalized spacial score (nSPS) is 14.7. The number of hydrogen-bond acceptors (Lipinski definition) is 3. The first kappa shape index (κ1) is 24.3. The van der Waals surface area contributed by atoms with E-state index in [0.29, 0.717) is 0 Å². The molecule has 1 aliphatic heterocycles. The fourth-order valence-electron chi connectivity index (χ4n) is 6.46. The highest BCUT2D eigenvalue weighted by molar-refractivity contribution is 5.86. The molecular formula is C37H31N3. The quantitative estimate of drug-likeness (QED) is 0.234. The molecule has 3 aromatic carbocycles. The van der Waals surface area contributed by atoms with Gasteiger partial charge in [0.25, 0.3) is 0 Å². The van der Waals surface area contributed by atoms with Gasteiger partial charge in [-0.05, 0) is 90.4 Å². The van der Waals surface area contributed by atoms with Gasteiger partial charge in [-0.2, -0.15) is 0 Å². The van der Waals surface area contributed by atoms with E-state index in [0.717, 1.165) is 35.5 Å². The summed E-state index contributed by atoms with van der Waals surface area (Å²) in [5.74, 6) is 0.972. The average Bonchev–Trinajstić information content (AvgIpc) is 3.00. The molecule has 0 unspecified atom stereocenters. The van der Waals surface area contributed by atoms with Gasteiger partial charge in [0, 0.05) is 29.2 Å². The first-order chi connectivity index (χ1) is 19.7. The Hall–Kier alpha value is -4.76. The van der Waals surface area contributed by atoms with Gasteiger partial charge in [-0.25, -0.2) is 4.98 Å². The molecule has 0 N–H and O–H groups in total. The molecule has 7 rings (SSSR count). The third kappa shape index (κ3) is 3.97. The molecule has 40 heavy (non-hydrogen) atoms. The standard InChI is InChI=1S/C37H31N3/c1-3-12-33-25(2)23-28-15-6-9-20-34(28)40(33)37-32(19-11-22-39-37)31-18-10-21-38-36(31)35-29-16-7-4-13-26(29)24-27-14-5-8-17-30(27)35/h3-22,35H,23-24H2,1-2H3/b12-3-. The van der Waals surface area contributed by atoms with Crippen molar-refractivity contribution in [3.63, 3.8) is 0 Å². The summed E-state index contributed by atoms with van der Waals surface area (Å²) in [6, 6.07) is 34.9. The molecule has 0 saturated heterocycles. The summed E-state index contributed by atoms with van der Waals surface area (Å²) in [4.78, 5) is 12.5. The van der Waals surface area contributed by atoms with E-state index in [1.807, 2.05) is 24.5 Å². The lowest BCUT2D eigenvalue weighted by Gasteiger charge is -2.34. The van der Waals surface area contributed by atoms with Gasteiger partial charge in [0.15, 0.2) is 0 Å². The maximum atomic E-state index is 5.11. The second-order valence-corrected chi connectivity index (χ2v) is 10.6. The molecule has 194 valence electrons. The third-order valence-corrected chi connectivity index (χ3v) is 8.20. The number of aromatic nitrogens is 2. The van der Waals surface area contributed by atoms with Crippen LogP contribution >= 0.6 is 0 Å². The second-order valence-electron chi connectivity index (χ2n) is 10.6. The van der Waals surface area contributed by atoms with Crippen LogP contribution in [0.5, 0.6) is 0 Å². The summed E-state index contributed by atoms with van der Waals surface area (Å²) in [6.07, 6.45) is 10.0. The minimum absolute atomic E-state index is 0.0475. The van der Waals surface area contributed by atoms with Gasteiger partial charge in [-0.15, -0.1) is 0 Å². The zero-order chi connectivity index (χ0) is 27.1. The van der Waals surface area contributed by atoms with Crippen molar-refractivity contribution in [2.45, 2.75) is 32.6 Å². The van der Waals surface area contributed by atoms with Gasteiger partial charge in [0.1, 0.15) is 5.82 Å². The molecule has 0 radical (unpaired) electrons. The molecule has 0 bridgehead atoms. The van der Waals surface area contributed by atoms with Crippen molar-refractivity contribution < 1.29 is 0 Å². The molecule has 0 fully saturated rings. The van der Waals surface area contributed by atoms with Crippen molar-refractivity contribution in [3.8, 4) is 11.1 Å². The van der Waals surface area contributed by atoms with Crippen LogP contribution < -0.4 is 4.90 Å². The van der Waals surface area contributed by atoms with Crippen LogP contribution in [0.2, 0.25) is 0 Å². The van der Waals surface area contributed by atoms with Crippen LogP contribution in [0.15, 0.2) is 133 Å². The van der Waals surface area contributed by atoms with Crippen LogP contribution in [0.3, 0.4) is 0 Å². The topological polar surface area (TPSA) is 29.0 Å². The van der Waals surface area contributed by atoms with Crippen LogP contribution in [-0.2, 0) is 12.8 Å². The molecule has 2 aromatic heterocycles. The summed E-state index contributed by atoms with van der Waals surface area (Å²) in [5.41, 5.74) is 13.7. The molecule has 3 nitrogen and oxygen atoms in total. The maximum Gasteiger partial charge on any atom is 0.145 e. The summed E-state index contributed by atoms with van der Waals surface area (Å²) < 4.78 is 0. The summed E-state index contributed by atoms with van der Waals surface area (Å²) in [7, 11) is 0. The SMILES string of the molecule is C/C=C\C1=C(C)Cc2ccccc2N1c1ncccc1-c1cccnc1C1c2ccccc2Cc2ccccc21. The van der Waals surface area contributed by atoms with Crippen molar-refractivity contribution in [3.05, 3.63) is 166 Å². The Balaban J connectivity index is 1.47. The number of rotatable bonds is 4. The van der Waals surface area contributed by atoms with E-state index in [1.165, 1.54) is 44.8 Å². The number of pyridine rings is 2. The highest BCUT2D eigenvalue weighted by Crippen LogP contribution is 2.47. The Morgan fingerprint density at radius 3 is 2.02 bits per heavy atom. The lowest BCUT2D eigenvalue weighted by Crippen LogP contribution is -2.24. The molecule has 0 atom stereocenters. The van der Waals surface area contributed by atoms with Gasteiger partial charge >= 0.3 is 0 Å². The second kappa shape index (κ2) is 10.1. The summed E-state index contributed by atoms with van der Waals surface area (Å²) in [5, 5.41) is 0. The predicted octanol–water partition coefficient (Wildman–Crippen LogP) is 8.77. The van der Waals surface area contributed by atoms with Crippen molar-refractivity contribution in [1.29, 1.82) is 0 Å². The number of anilines is 2. The van der Waals surface area contributed by atoms with E-state index in [4.69, 9.17) is 9.97 Å². The Bertz CT molecular complexity index is 1750. The lowest BCUT2D eigenvalue weighted by molar-refractivity contribution is 0.853. The Kier molecular flexibility index (Phi) is 6.13. The summed E-state index contributed by atoms with van der Waals surface area (Å²) >= 11 is 0. The zero-order valence-electron chi connectivity index (χ0n) is 22.9. The lowest BCUT2D eigenvalue weighted by atomic mass is 9.75. The minimum Gasteiger partial charge on any atom is -0.294 e. The Labute approximate surface area is 236 Å². The van der Waals surface area contributed by atoms with Gasteiger partial charge in [0.2, 0.25) is 0 Å². The van der Waals surface area contributed by atoms with Gasteiger partial charge in [0.05, 0.1) is 17.3 Å². The third-order valence-electron chi connectivity index (χ3n) is 8.20. The first-order valence-corrected chi connectivity index (χ1v) is 14.0. The van der Waals surface area contributed by atoms with Crippen molar-refractivity contribution in [2.24, 2.45) is 0 Å². The number of allylic oxidation sites excluding steroid dienone is 3. The molecule has 3 heterocycles. The monoisotopic (exact) mass is 517 g/mol. The van der Waals surface area contributed by atoms with E-state index >= 15 is 0 Å². The van der Waals surface area contributed by atoms with Crippen molar-refractivity contribution in [1.82, 2.24) is 9.97 Å². The van der Waals surface area contributed by atoms with Gasteiger partial charge in [-0.1, -0.05) is 78.9 Å². The molecule has 3 heteroatoms. The van der Waals surface area contributed by atoms with Gasteiger partial charge in [-0.3, -0.25) is 9.88 Å². The molecule has 1 aliphatic carbocycles.